The zero-order valence-electron chi connectivity index (χ0n) is 14.2. The quantitative estimate of drug-likeness (QED) is 0.446. The van der Waals surface area contributed by atoms with E-state index in [2.05, 4.69) is 67.4 Å². The lowest BCUT2D eigenvalue weighted by Crippen LogP contribution is -1.87. The molecule has 0 amide bonds. The van der Waals surface area contributed by atoms with Crippen molar-refractivity contribution in [2.45, 2.75) is 13.8 Å². The summed E-state index contributed by atoms with van der Waals surface area (Å²) in [6.07, 6.45) is 1.82. The highest BCUT2D eigenvalue weighted by Crippen LogP contribution is 2.41. The van der Waals surface area contributed by atoms with Gasteiger partial charge in [-0.1, -0.05) is 54.6 Å². The molecule has 0 aliphatic carbocycles. The van der Waals surface area contributed by atoms with Crippen LogP contribution in [0.1, 0.15) is 11.1 Å². The molecule has 0 fully saturated rings. The molecule has 0 atom stereocenters. The first kappa shape index (κ1) is 15.7. The fourth-order valence-electron chi connectivity index (χ4n) is 2.93. The van der Waals surface area contributed by atoms with Crippen LogP contribution in [0.4, 0.5) is 0 Å². The van der Waals surface area contributed by atoms with Crippen LogP contribution in [0.2, 0.25) is 0 Å². The van der Waals surface area contributed by atoms with Crippen LogP contribution in [0, 0.1) is 13.8 Å². The number of aromatic nitrogens is 2. The van der Waals surface area contributed by atoms with E-state index in [9.17, 15) is 0 Å². The average molecular weight is 342 g/mol. The largest absolute Gasteiger partial charge is 0.255 e. The molecule has 0 bridgehead atoms. The maximum Gasteiger partial charge on any atom is 0.124 e. The Hall–Kier alpha value is -2.78. The average Bonchev–Trinajstić information content (AvgIpc) is 3.08. The summed E-state index contributed by atoms with van der Waals surface area (Å²) >= 11 is 1.74. The number of pyridine rings is 1. The van der Waals surface area contributed by atoms with Crippen molar-refractivity contribution in [1.82, 2.24) is 9.97 Å². The van der Waals surface area contributed by atoms with Crippen molar-refractivity contribution in [3.8, 4) is 32.4 Å². The number of aryl methyl sites for hydroxylation is 2. The van der Waals surface area contributed by atoms with Crippen molar-refractivity contribution < 1.29 is 0 Å². The number of hydrogen-bond donors (Lipinski definition) is 0. The summed E-state index contributed by atoms with van der Waals surface area (Å²) in [5, 5.41) is 1.04. The van der Waals surface area contributed by atoms with E-state index < -0.39 is 0 Å². The van der Waals surface area contributed by atoms with Crippen molar-refractivity contribution in [2.24, 2.45) is 0 Å². The Kier molecular flexibility index (Phi) is 4.16. The zero-order valence-corrected chi connectivity index (χ0v) is 15.0. The van der Waals surface area contributed by atoms with Crippen molar-refractivity contribution >= 4 is 11.3 Å². The molecule has 0 radical (unpaired) electrons. The molecule has 0 N–H and O–H groups in total. The van der Waals surface area contributed by atoms with Crippen LogP contribution >= 0.6 is 11.3 Å². The van der Waals surface area contributed by atoms with E-state index in [0.717, 1.165) is 16.4 Å². The minimum absolute atomic E-state index is 0.914. The third-order valence-corrected chi connectivity index (χ3v) is 5.42. The van der Waals surface area contributed by atoms with Crippen LogP contribution < -0.4 is 0 Å². The fraction of sp³-hybridized carbons (Fsp3) is 0.0909. The van der Waals surface area contributed by atoms with Gasteiger partial charge in [-0.15, -0.1) is 11.3 Å². The minimum Gasteiger partial charge on any atom is -0.255 e. The van der Waals surface area contributed by atoms with Gasteiger partial charge in [-0.25, -0.2) is 4.98 Å². The fourth-order valence-corrected chi connectivity index (χ4v) is 4.19. The Morgan fingerprint density at radius 1 is 0.720 bits per heavy atom. The van der Waals surface area contributed by atoms with Crippen molar-refractivity contribution in [3.63, 3.8) is 0 Å². The van der Waals surface area contributed by atoms with E-state index in [0.29, 0.717) is 0 Å². The van der Waals surface area contributed by atoms with Gasteiger partial charge in [0.15, 0.2) is 0 Å². The SMILES string of the molecule is Cc1ccccc1-c1nc(-c2ccccn2)c(-c2ccccc2C)s1. The van der Waals surface area contributed by atoms with Gasteiger partial charge >= 0.3 is 0 Å². The molecule has 3 heteroatoms. The topological polar surface area (TPSA) is 25.8 Å². The molecule has 0 saturated heterocycles. The summed E-state index contributed by atoms with van der Waals surface area (Å²) < 4.78 is 0. The Balaban J connectivity index is 1.96. The molecule has 4 rings (SSSR count). The highest BCUT2D eigenvalue weighted by Gasteiger charge is 2.18. The van der Waals surface area contributed by atoms with Crippen LogP contribution in [0.25, 0.3) is 32.4 Å². The Bertz CT molecular complexity index is 1020. The van der Waals surface area contributed by atoms with E-state index in [1.807, 2.05) is 24.4 Å². The summed E-state index contributed by atoms with van der Waals surface area (Å²) in [6.45, 7) is 4.27. The molecule has 0 unspecified atom stereocenters. The molecular weight excluding hydrogens is 324 g/mol. The van der Waals surface area contributed by atoms with Gasteiger partial charge < -0.3 is 0 Å². The van der Waals surface area contributed by atoms with Crippen LogP contribution in [-0.4, -0.2) is 9.97 Å². The molecule has 2 nitrogen and oxygen atoms in total. The molecule has 0 spiro atoms. The number of benzene rings is 2. The monoisotopic (exact) mass is 342 g/mol. The summed E-state index contributed by atoms with van der Waals surface area (Å²) in [7, 11) is 0. The predicted molar refractivity (Wildman–Crippen MR) is 106 cm³/mol. The predicted octanol–water partition coefficient (Wildman–Crippen LogP) is 6.16. The molecule has 0 aliphatic rings. The molecule has 2 aromatic carbocycles. The highest BCUT2D eigenvalue weighted by atomic mass is 32.1. The molecule has 25 heavy (non-hydrogen) atoms. The Labute approximate surface area is 151 Å². The van der Waals surface area contributed by atoms with Gasteiger partial charge in [0.1, 0.15) is 10.7 Å². The summed E-state index contributed by atoms with van der Waals surface area (Å²) in [5.74, 6) is 0. The zero-order chi connectivity index (χ0) is 17.2. The van der Waals surface area contributed by atoms with Crippen LogP contribution in [0.15, 0.2) is 72.9 Å². The van der Waals surface area contributed by atoms with E-state index in [4.69, 9.17) is 4.98 Å². The molecule has 0 saturated carbocycles. The lowest BCUT2D eigenvalue weighted by Gasteiger charge is -2.05. The second kappa shape index (κ2) is 6.61. The second-order valence-electron chi connectivity index (χ2n) is 6.04. The molecule has 0 aliphatic heterocycles. The van der Waals surface area contributed by atoms with Crippen LogP contribution in [0.3, 0.4) is 0 Å². The van der Waals surface area contributed by atoms with Crippen LogP contribution in [-0.2, 0) is 0 Å². The minimum atomic E-state index is 0.914. The summed E-state index contributed by atoms with van der Waals surface area (Å²) in [5.41, 5.74) is 6.76. The van der Waals surface area contributed by atoms with E-state index in [1.165, 1.54) is 27.1 Å². The van der Waals surface area contributed by atoms with Gasteiger partial charge in [0.05, 0.1) is 10.6 Å². The number of thiazole rings is 1. The van der Waals surface area contributed by atoms with Crippen LogP contribution in [0.5, 0.6) is 0 Å². The summed E-state index contributed by atoms with van der Waals surface area (Å²) in [6, 6.07) is 22.8. The lowest BCUT2D eigenvalue weighted by molar-refractivity contribution is 1.28. The number of hydrogen-bond acceptors (Lipinski definition) is 3. The highest BCUT2D eigenvalue weighted by molar-refractivity contribution is 7.19. The smallest absolute Gasteiger partial charge is 0.124 e. The van der Waals surface area contributed by atoms with Gasteiger partial charge in [-0.05, 0) is 42.7 Å². The Morgan fingerprint density at radius 3 is 2.00 bits per heavy atom. The maximum atomic E-state index is 4.99. The molecule has 122 valence electrons. The number of rotatable bonds is 3. The third kappa shape index (κ3) is 2.99. The standard InChI is InChI=1S/C22H18N2S/c1-15-9-3-5-11-17(15)21-20(19-13-7-8-14-23-19)24-22(25-21)18-12-6-4-10-16(18)2/h3-14H,1-2H3. The molecule has 2 aromatic heterocycles. The summed E-state index contributed by atoms with van der Waals surface area (Å²) in [4.78, 5) is 10.7. The first-order valence-electron chi connectivity index (χ1n) is 8.28. The van der Waals surface area contributed by atoms with Gasteiger partial charge in [-0.2, -0.15) is 0 Å². The maximum absolute atomic E-state index is 4.99. The lowest BCUT2D eigenvalue weighted by atomic mass is 10.1. The number of nitrogens with zero attached hydrogens (tertiary/aromatic N) is 2. The van der Waals surface area contributed by atoms with Gasteiger partial charge in [0, 0.05) is 11.8 Å². The third-order valence-electron chi connectivity index (χ3n) is 4.30. The molecule has 2 heterocycles. The van der Waals surface area contributed by atoms with E-state index >= 15 is 0 Å². The van der Waals surface area contributed by atoms with Crippen molar-refractivity contribution in [1.29, 1.82) is 0 Å². The van der Waals surface area contributed by atoms with Gasteiger partial charge in [0.25, 0.3) is 0 Å². The molecular formula is C22H18N2S. The first-order chi connectivity index (χ1) is 12.2. The van der Waals surface area contributed by atoms with Crippen molar-refractivity contribution in [3.05, 3.63) is 84.1 Å². The first-order valence-corrected chi connectivity index (χ1v) is 9.10. The van der Waals surface area contributed by atoms with Crippen molar-refractivity contribution in [2.75, 3.05) is 0 Å². The molecule has 4 aromatic rings. The van der Waals surface area contributed by atoms with Gasteiger partial charge in [0.2, 0.25) is 0 Å². The normalized spacial score (nSPS) is 10.8. The van der Waals surface area contributed by atoms with E-state index in [1.54, 1.807) is 11.3 Å². The Morgan fingerprint density at radius 2 is 1.36 bits per heavy atom. The second-order valence-corrected chi connectivity index (χ2v) is 7.04. The van der Waals surface area contributed by atoms with Gasteiger partial charge in [-0.3, -0.25) is 4.98 Å². The van der Waals surface area contributed by atoms with E-state index in [-0.39, 0.29) is 0 Å².